The number of amides is 1. The molecule has 2 fully saturated rings. The quantitative estimate of drug-likeness (QED) is 0.924. The molecule has 0 unspecified atom stereocenters. The normalized spacial score (nSPS) is 27.5. The van der Waals surface area contributed by atoms with Gasteiger partial charge in [0.05, 0.1) is 17.9 Å². The number of thiazole rings is 1. The summed E-state index contributed by atoms with van der Waals surface area (Å²) in [5.74, 6) is 0.350. The number of nitrogens with one attached hydrogen (secondary N) is 1. The maximum absolute atomic E-state index is 11.7. The van der Waals surface area contributed by atoms with Crippen molar-refractivity contribution in [3.05, 3.63) is 11.1 Å². The van der Waals surface area contributed by atoms with Crippen LogP contribution in [0.25, 0.3) is 0 Å². The van der Waals surface area contributed by atoms with Crippen molar-refractivity contribution in [3.63, 3.8) is 0 Å². The van der Waals surface area contributed by atoms with Gasteiger partial charge in [-0.3, -0.25) is 9.69 Å². The maximum atomic E-state index is 11.7. The summed E-state index contributed by atoms with van der Waals surface area (Å²) >= 11 is 1.51. The first kappa shape index (κ1) is 14.0. The van der Waals surface area contributed by atoms with E-state index in [1.165, 1.54) is 11.3 Å². The third-order valence-electron chi connectivity index (χ3n) is 3.61. The Hall–Kier alpha value is -0.980. The molecule has 2 atom stereocenters. The number of morpholine rings is 1. The fourth-order valence-electron chi connectivity index (χ4n) is 2.63. The summed E-state index contributed by atoms with van der Waals surface area (Å²) in [5, 5.41) is 5.67. The minimum absolute atomic E-state index is 0.125. The van der Waals surface area contributed by atoms with Crippen molar-refractivity contribution < 1.29 is 9.53 Å². The first-order valence-electron chi connectivity index (χ1n) is 7.23. The Balaban J connectivity index is 1.55. The topological polar surface area (TPSA) is 54.5 Å². The summed E-state index contributed by atoms with van der Waals surface area (Å²) in [6, 6.07) is 0. The van der Waals surface area contributed by atoms with Gasteiger partial charge in [0.25, 0.3) is 0 Å². The van der Waals surface area contributed by atoms with Crippen LogP contribution in [0, 0.1) is 5.92 Å². The van der Waals surface area contributed by atoms with E-state index in [0.717, 1.165) is 43.3 Å². The van der Waals surface area contributed by atoms with Crippen LogP contribution >= 0.6 is 11.3 Å². The number of ether oxygens (including phenoxy) is 1. The highest BCUT2D eigenvalue weighted by molar-refractivity contribution is 7.13. The van der Waals surface area contributed by atoms with Crippen LogP contribution in [0.3, 0.4) is 0 Å². The monoisotopic (exact) mass is 295 g/mol. The van der Waals surface area contributed by atoms with E-state index in [1.807, 2.05) is 5.38 Å². The van der Waals surface area contributed by atoms with Crippen molar-refractivity contribution in [2.45, 2.75) is 45.4 Å². The number of carbonyl (C=O) groups excluding carboxylic acids is 1. The van der Waals surface area contributed by atoms with Crippen molar-refractivity contribution in [1.82, 2.24) is 9.88 Å². The van der Waals surface area contributed by atoms with Gasteiger partial charge < -0.3 is 10.1 Å². The van der Waals surface area contributed by atoms with Gasteiger partial charge in [0, 0.05) is 30.9 Å². The van der Waals surface area contributed by atoms with Crippen molar-refractivity contribution in [2.24, 2.45) is 5.92 Å². The molecule has 6 heteroatoms. The number of hydrogen-bond acceptors (Lipinski definition) is 5. The Morgan fingerprint density at radius 2 is 2.15 bits per heavy atom. The number of carbonyl (C=O) groups is 1. The van der Waals surface area contributed by atoms with Crippen LogP contribution in [0.1, 0.15) is 32.4 Å². The largest absolute Gasteiger partial charge is 0.373 e. The third kappa shape index (κ3) is 3.56. The Kier molecular flexibility index (Phi) is 4.05. The smallest absolute Gasteiger partial charge is 0.229 e. The summed E-state index contributed by atoms with van der Waals surface area (Å²) in [6.45, 7) is 6.90. The van der Waals surface area contributed by atoms with Crippen molar-refractivity contribution >= 4 is 22.4 Å². The maximum Gasteiger partial charge on any atom is 0.229 e. The van der Waals surface area contributed by atoms with Gasteiger partial charge in [-0.05, 0) is 26.7 Å². The zero-order chi connectivity index (χ0) is 14.1. The molecule has 1 aromatic heterocycles. The average Bonchev–Trinajstić information content (AvgIpc) is 3.12. The molecule has 0 aromatic carbocycles. The summed E-state index contributed by atoms with van der Waals surface area (Å²) in [4.78, 5) is 18.6. The van der Waals surface area contributed by atoms with Crippen LogP contribution in [-0.2, 0) is 16.1 Å². The molecular formula is C14H21N3O2S. The van der Waals surface area contributed by atoms with Crippen LogP contribution in [0.5, 0.6) is 0 Å². The molecule has 0 bridgehead atoms. The molecule has 5 nitrogen and oxygen atoms in total. The highest BCUT2D eigenvalue weighted by Crippen LogP contribution is 2.30. The first-order chi connectivity index (χ1) is 9.60. The predicted molar refractivity (Wildman–Crippen MR) is 78.8 cm³/mol. The van der Waals surface area contributed by atoms with Gasteiger partial charge in [0.1, 0.15) is 0 Å². The minimum Gasteiger partial charge on any atom is -0.373 e. The third-order valence-corrected chi connectivity index (χ3v) is 4.42. The van der Waals surface area contributed by atoms with E-state index in [9.17, 15) is 4.79 Å². The van der Waals surface area contributed by atoms with Crippen LogP contribution in [0.2, 0.25) is 0 Å². The number of rotatable bonds is 4. The second kappa shape index (κ2) is 5.79. The number of anilines is 1. The summed E-state index contributed by atoms with van der Waals surface area (Å²) in [6.07, 6.45) is 2.58. The first-order valence-corrected chi connectivity index (χ1v) is 8.11. The molecule has 3 rings (SSSR count). The Morgan fingerprint density at radius 3 is 2.80 bits per heavy atom. The SMILES string of the molecule is C[C@@H]1CN(Cc2csc(NC(=O)C3CC3)n2)C[C@H](C)O1. The van der Waals surface area contributed by atoms with E-state index >= 15 is 0 Å². The molecule has 1 N–H and O–H groups in total. The summed E-state index contributed by atoms with van der Waals surface area (Å²) in [7, 11) is 0. The molecular weight excluding hydrogens is 274 g/mol. The second-order valence-corrected chi connectivity index (χ2v) is 6.72. The Morgan fingerprint density at radius 1 is 1.45 bits per heavy atom. The predicted octanol–water partition coefficient (Wildman–Crippen LogP) is 2.10. The highest BCUT2D eigenvalue weighted by Gasteiger charge is 2.30. The molecule has 0 radical (unpaired) electrons. The molecule has 1 aliphatic carbocycles. The Labute approximate surface area is 123 Å². The van der Waals surface area contributed by atoms with E-state index in [-0.39, 0.29) is 24.0 Å². The van der Waals surface area contributed by atoms with E-state index in [0.29, 0.717) is 0 Å². The molecule has 2 heterocycles. The van der Waals surface area contributed by atoms with E-state index in [1.54, 1.807) is 0 Å². The lowest BCUT2D eigenvalue weighted by molar-refractivity contribution is -0.117. The lowest BCUT2D eigenvalue weighted by atomic mass is 10.2. The van der Waals surface area contributed by atoms with E-state index in [4.69, 9.17) is 4.74 Å². The molecule has 1 saturated carbocycles. The number of nitrogens with zero attached hydrogens (tertiary/aromatic N) is 2. The highest BCUT2D eigenvalue weighted by atomic mass is 32.1. The van der Waals surface area contributed by atoms with Crippen LogP contribution in [0.15, 0.2) is 5.38 Å². The molecule has 1 saturated heterocycles. The average molecular weight is 295 g/mol. The van der Waals surface area contributed by atoms with Gasteiger partial charge in [-0.25, -0.2) is 4.98 Å². The standard InChI is InChI=1S/C14H21N3O2S/c1-9-5-17(6-10(2)19-9)7-12-8-20-14(15-12)16-13(18)11-3-4-11/h8-11H,3-7H2,1-2H3,(H,15,16,18)/t9-,10+. The number of hydrogen-bond donors (Lipinski definition) is 1. The zero-order valence-corrected chi connectivity index (χ0v) is 12.8. The fourth-order valence-corrected chi connectivity index (χ4v) is 3.34. The summed E-state index contributed by atoms with van der Waals surface area (Å²) in [5.41, 5.74) is 1.03. The van der Waals surface area contributed by atoms with E-state index in [2.05, 4.69) is 29.0 Å². The molecule has 1 aliphatic heterocycles. The van der Waals surface area contributed by atoms with Crippen LogP contribution < -0.4 is 5.32 Å². The van der Waals surface area contributed by atoms with Crippen LogP contribution in [0.4, 0.5) is 5.13 Å². The van der Waals surface area contributed by atoms with Crippen LogP contribution in [-0.4, -0.2) is 41.1 Å². The lowest BCUT2D eigenvalue weighted by Gasteiger charge is -2.34. The van der Waals surface area contributed by atoms with Gasteiger partial charge >= 0.3 is 0 Å². The molecule has 20 heavy (non-hydrogen) atoms. The molecule has 2 aliphatic rings. The van der Waals surface area contributed by atoms with Gasteiger partial charge in [-0.15, -0.1) is 11.3 Å². The van der Waals surface area contributed by atoms with Crippen molar-refractivity contribution in [2.75, 3.05) is 18.4 Å². The van der Waals surface area contributed by atoms with Crippen molar-refractivity contribution in [1.29, 1.82) is 0 Å². The van der Waals surface area contributed by atoms with E-state index < -0.39 is 0 Å². The van der Waals surface area contributed by atoms with Gasteiger partial charge in [0.2, 0.25) is 5.91 Å². The Bertz CT molecular complexity index is 477. The molecule has 1 amide bonds. The minimum atomic E-state index is 0.125. The van der Waals surface area contributed by atoms with Gasteiger partial charge in [-0.1, -0.05) is 0 Å². The fraction of sp³-hybridized carbons (Fsp3) is 0.714. The summed E-state index contributed by atoms with van der Waals surface area (Å²) < 4.78 is 5.73. The van der Waals surface area contributed by atoms with Gasteiger partial charge in [-0.2, -0.15) is 0 Å². The molecule has 110 valence electrons. The van der Waals surface area contributed by atoms with Gasteiger partial charge in [0.15, 0.2) is 5.13 Å². The lowest BCUT2D eigenvalue weighted by Crippen LogP contribution is -2.44. The number of aromatic nitrogens is 1. The van der Waals surface area contributed by atoms with Crippen molar-refractivity contribution in [3.8, 4) is 0 Å². The molecule has 0 spiro atoms. The second-order valence-electron chi connectivity index (χ2n) is 5.86. The zero-order valence-electron chi connectivity index (χ0n) is 12.0. The molecule has 1 aromatic rings.